The van der Waals surface area contributed by atoms with Crippen LogP contribution < -0.4 is 4.90 Å². The summed E-state index contributed by atoms with van der Waals surface area (Å²) >= 11 is 0. The van der Waals surface area contributed by atoms with E-state index in [1.807, 2.05) is 18.9 Å². The molecular weight excluding hydrogens is 343 g/mol. The van der Waals surface area contributed by atoms with E-state index in [-0.39, 0.29) is 17.3 Å². The van der Waals surface area contributed by atoms with Gasteiger partial charge in [-0.05, 0) is 57.5 Å². The molecular formula is C18H27FN2O3S. The first-order valence-corrected chi connectivity index (χ1v) is 10.6. The van der Waals surface area contributed by atoms with Crippen LogP contribution in [0.15, 0.2) is 24.3 Å². The molecule has 3 rings (SSSR count). The number of nitrogens with zero attached hydrogens (tertiary/aromatic N) is 2. The fraction of sp³-hybridized carbons (Fsp3) is 0.667. The van der Waals surface area contributed by atoms with Gasteiger partial charge in [-0.25, -0.2) is 12.8 Å². The summed E-state index contributed by atoms with van der Waals surface area (Å²) in [5.74, 6) is 0.137. The van der Waals surface area contributed by atoms with Gasteiger partial charge >= 0.3 is 0 Å². The van der Waals surface area contributed by atoms with E-state index in [0.717, 1.165) is 5.69 Å². The van der Waals surface area contributed by atoms with Crippen molar-refractivity contribution in [2.24, 2.45) is 0 Å². The number of rotatable bonds is 4. The molecule has 25 heavy (non-hydrogen) atoms. The molecule has 0 amide bonds. The summed E-state index contributed by atoms with van der Waals surface area (Å²) in [4.78, 5) is 4.17. The Hall–Kier alpha value is -1.18. The standard InChI is InChI=1S/C18H27FN2O3S/c1-17(9-12-25(23,24)14-17)20(2)13-18(22)7-10-21(11-8-18)16-5-3-15(19)4-6-16/h3-6,22H,7-14H2,1-2H3/t17-/m0/s1. The smallest absolute Gasteiger partial charge is 0.152 e. The second-order valence-electron chi connectivity index (χ2n) is 7.88. The Bertz CT molecular complexity index is 714. The van der Waals surface area contributed by atoms with Gasteiger partial charge in [0.05, 0.1) is 17.1 Å². The minimum Gasteiger partial charge on any atom is -0.388 e. The number of piperidine rings is 1. The molecule has 0 saturated carbocycles. The van der Waals surface area contributed by atoms with E-state index in [4.69, 9.17) is 0 Å². The van der Waals surface area contributed by atoms with E-state index in [9.17, 15) is 17.9 Å². The average molecular weight is 370 g/mol. The van der Waals surface area contributed by atoms with Crippen molar-refractivity contribution in [2.45, 2.75) is 37.3 Å². The summed E-state index contributed by atoms with van der Waals surface area (Å²) in [7, 11) is -1.06. The first-order chi connectivity index (χ1) is 11.6. The van der Waals surface area contributed by atoms with Gasteiger partial charge < -0.3 is 10.0 Å². The summed E-state index contributed by atoms with van der Waals surface area (Å²) in [6.07, 6.45) is 1.83. The third-order valence-electron chi connectivity index (χ3n) is 5.82. The molecule has 2 aliphatic rings. The van der Waals surface area contributed by atoms with Crippen LogP contribution in [-0.4, -0.2) is 67.8 Å². The first kappa shape index (κ1) is 18.6. The number of halogens is 1. The lowest BCUT2D eigenvalue weighted by Crippen LogP contribution is -2.55. The zero-order valence-electron chi connectivity index (χ0n) is 14.9. The van der Waals surface area contributed by atoms with Gasteiger partial charge in [-0.2, -0.15) is 0 Å². The summed E-state index contributed by atoms with van der Waals surface area (Å²) in [6.45, 7) is 3.83. The van der Waals surface area contributed by atoms with E-state index in [1.54, 1.807) is 12.1 Å². The van der Waals surface area contributed by atoms with E-state index >= 15 is 0 Å². The molecule has 2 fully saturated rings. The number of β-amino-alcohol motifs (C(OH)–C–C–N with tert-alkyl or cyclic N) is 1. The van der Waals surface area contributed by atoms with Gasteiger partial charge in [0.2, 0.25) is 0 Å². The molecule has 2 heterocycles. The Morgan fingerprint density at radius 3 is 2.32 bits per heavy atom. The largest absolute Gasteiger partial charge is 0.388 e. The molecule has 2 aliphatic heterocycles. The highest BCUT2D eigenvalue weighted by Crippen LogP contribution is 2.33. The number of sulfone groups is 1. The molecule has 5 nitrogen and oxygen atoms in total. The SMILES string of the molecule is CN(CC1(O)CCN(c2ccc(F)cc2)CC1)[C@@]1(C)CCS(=O)(=O)C1. The first-order valence-electron chi connectivity index (χ1n) is 8.76. The number of likely N-dealkylation sites (N-methyl/N-ethyl adjacent to an activating group) is 1. The Balaban J connectivity index is 1.60. The van der Waals surface area contributed by atoms with E-state index in [0.29, 0.717) is 38.9 Å². The molecule has 1 atom stereocenters. The summed E-state index contributed by atoms with van der Waals surface area (Å²) in [5, 5.41) is 11.0. The minimum atomic E-state index is -2.97. The lowest BCUT2D eigenvalue weighted by molar-refractivity contribution is -0.0312. The molecule has 0 aliphatic carbocycles. The summed E-state index contributed by atoms with van der Waals surface area (Å²) < 4.78 is 36.7. The van der Waals surface area contributed by atoms with E-state index in [1.165, 1.54) is 12.1 Å². The second-order valence-corrected chi connectivity index (χ2v) is 10.1. The number of benzene rings is 1. The molecule has 0 aromatic heterocycles. The molecule has 7 heteroatoms. The molecule has 1 aromatic rings. The molecule has 2 saturated heterocycles. The van der Waals surface area contributed by atoms with Crippen LogP contribution in [0.4, 0.5) is 10.1 Å². The van der Waals surface area contributed by atoms with Crippen molar-refractivity contribution >= 4 is 15.5 Å². The third-order valence-corrected chi connectivity index (χ3v) is 7.71. The van der Waals surface area contributed by atoms with Gasteiger partial charge in [0, 0.05) is 30.9 Å². The second kappa shape index (κ2) is 6.52. The highest BCUT2D eigenvalue weighted by atomic mass is 32.2. The molecule has 1 N–H and O–H groups in total. The minimum absolute atomic E-state index is 0.161. The van der Waals surface area contributed by atoms with Gasteiger partial charge in [-0.15, -0.1) is 0 Å². The number of aliphatic hydroxyl groups is 1. The van der Waals surface area contributed by atoms with Gasteiger partial charge in [0.1, 0.15) is 5.82 Å². The normalized spacial score (nSPS) is 28.4. The van der Waals surface area contributed by atoms with Crippen molar-refractivity contribution in [1.82, 2.24) is 4.90 Å². The maximum absolute atomic E-state index is 13.1. The van der Waals surface area contributed by atoms with Crippen LogP contribution in [0.25, 0.3) is 0 Å². The van der Waals surface area contributed by atoms with Crippen molar-refractivity contribution < 1.29 is 17.9 Å². The Morgan fingerprint density at radius 2 is 1.80 bits per heavy atom. The average Bonchev–Trinajstić information content (AvgIpc) is 2.84. The van der Waals surface area contributed by atoms with Crippen LogP contribution in [-0.2, 0) is 9.84 Å². The molecule has 1 aromatic carbocycles. The fourth-order valence-electron chi connectivity index (χ4n) is 3.92. The number of hydrogen-bond donors (Lipinski definition) is 1. The van der Waals surface area contributed by atoms with Crippen LogP contribution >= 0.6 is 0 Å². The zero-order valence-corrected chi connectivity index (χ0v) is 15.7. The van der Waals surface area contributed by atoms with Crippen molar-refractivity contribution in [2.75, 3.05) is 43.1 Å². The van der Waals surface area contributed by atoms with Crippen molar-refractivity contribution in [3.8, 4) is 0 Å². The summed E-state index contributed by atoms with van der Waals surface area (Å²) in [6, 6.07) is 6.42. The van der Waals surface area contributed by atoms with Crippen LogP contribution in [0, 0.1) is 5.82 Å². The quantitative estimate of drug-likeness (QED) is 0.874. The molecule has 140 valence electrons. The Morgan fingerprint density at radius 1 is 1.20 bits per heavy atom. The Labute approximate surface area is 149 Å². The predicted molar refractivity (Wildman–Crippen MR) is 97.1 cm³/mol. The van der Waals surface area contributed by atoms with Gasteiger partial charge in [0.15, 0.2) is 9.84 Å². The number of hydrogen-bond acceptors (Lipinski definition) is 5. The highest BCUT2D eigenvalue weighted by Gasteiger charge is 2.44. The number of anilines is 1. The molecule has 0 bridgehead atoms. The van der Waals surface area contributed by atoms with E-state index < -0.39 is 21.0 Å². The third kappa shape index (κ3) is 4.15. The molecule has 0 spiro atoms. The van der Waals surface area contributed by atoms with Crippen LogP contribution in [0.3, 0.4) is 0 Å². The molecule has 0 unspecified atom stereocenters. The van der Waals surface area contributed by atoms with Gasteiger partial charge in [0.25, 0.3) is 0 Å². The van der Waals surface area contributed by atoms with Crippen LogP contribution in [0.2, 0.25) is 0 Å². The van der Waals surface area contributed by atoms with Crippen molar-refractivity contribution in [3.05, 3.63) is 30.1 Å². The van der Waals surface area contributed by atoms with Crippen LogP contribution in [0.1, 0.15) is 26.2 Å². The van der Waals surface area contributed by atoms with Crippen molar-refractivity contribution in [3.63, 3.8) is 0 Å². The van der Waals surface area contributed by atoms with Gasteiger partial charge in [-0.3, -0.25) is 4.90 Å². The zero-order chi connectivity index (χ0) is 18.3. The maximum atomic E-state index is 13.1. The topological polar surface area (TPSA) is 60.9 Å². The fourth-order valence-corrected chi connectivity index (χ4v) is 6.13. The lowest BCUT2D eigenvalue weighted by atomic mass is 9.88. The van der Waals surface area contributed by atoms with Crippen LogP contribution in [0.5, 0.6) is 0 Å². The predicted octanol–water partition coefficient (Wildman–Crippen LogP) is 1.67. The maximum Gasteiger partial charge on any atom is 0.152 e. The van der Waals surface area contributed by atoms with Crippen molar-refractivity contribution in [1.29, 1.82) is 0 Å². The summed E-state index contributed by atoms with van der Waals surface area (Å²) in [5.41, 5.74) is -0.255. The Kier molecular flexibility index (Phi) is 4.85. The molecule has 0 radical (unpaired) electrons. The lowest BCUT2D eigenvalue weighted by Gasteiger charge is -2.44. The monoisotopic (exact) mass is 370 g/mol. The highest BCUT2D eigenvalue weighted by molar-refractivity contribution is 7.91. The van der Waals surface area contributed by atoms with Gasteiger partial charge in [-0.1, -0.05) is 0 Å². The van der Waals surface area contributed by atoms with E-state index in [2.05, 4.69) is 4.90 Å².